The lowest BCUT2D eigenvalue weighted by atomic mass is 9.96. The molecule has 790 valence electrons. The highest BCUT2D eigenvalue weighted by Gasteiger charge is 2.12. The summed E-state index contributed by atoms with van der Waals surface area (Å²) < 4.78 is 0. The fraction of sp³-hybridized carbons (Fsp3) is 0.393. The number of nitrogens with one attached hydrogen (secondary N) is 7. The van der Waals surface area contributed by atoms with Gasteiger partial charge < -0.3 is 34.9 Å². The smallest absolute Gasteiger partial charge is 0.103 e. The van der Waals surface area contributed by atoms with Gasteiger partial charge in [0.15, 0.2) is 0 Å². The lowest BCUT2D eigenvalue weighted by molar-refractivity contribution is 0.654. The second-order valence-corrected chi connectivity index (χ2v) is 46.3. The summed E-state index contributed by atoms with van der Waals surface area (Å²) in [6.07, 6.45) is 57.6. The number of fused-ring (bicyclic) bond motifs is 4. The van der Waals surface area contributed by atoms with E-state index >= 15 is 0 Å². The first kappa shape index (κ1) is 118. The SMILES string of the molecule is C(=NCCCCCCN=Cc1[nH]cc2ccccc12)c1ccc(-c2cc3ccccc3c3ccccc23)[nH]1.CC(=NCCCCCCN=C(C)c1ccc(C)[nH]1)c1ccc(C)[nH]1.Cc1ccc(C=NCCCCCCN=Cc2ccc(C)[pH]2)[nH]1.Cc1ccc(C=NCCCCCCN=Cc2ccc(C)[pH]2)[pH]1.Cc1cnc(C=NCCCCCCN=Cc2ncc(C)[pH]2)[pH]1.Cc1ncc(C=NCCCCCCN=Cc2cnc(C)[nH]2)[nH]1. The molecule has 4 aromatic carbocycles. The maximum atomic E-state index is 4.67. The number of aliphatic imine (C=N–C) groups is 12. The second kappa shape index (κ2) is 69.6. The molecule has 0 radical (unpaired) electrons. The average Bonchev–Trinajstić information content (AvgIpc) is 1.65. The quantitative estimate of drug-likeness (QED) is 0.0111. The first-order valence-corrected chi connectivity index (χ1v) is 59.1. The molecule has 0 saturated heterocycles. The molecule has 0 aliphatic heterocycles. The number of aromatic amines is 7. The second-order valence-electron chi connectivity index (χ2n) is 38.3. The molecule has 0 aliphatic rings. The van der Waals surface area contributed by atoms with E-state index in [1.54, 1.807) is 12.4 Å². The van der Waals surface area contributed by atoms with Crippen LogP contribution in [0.3, 0.4) is 0 Å². The van der Waals surface area contributed by atoms with Gasteiger partial charge in [-0.1, -0.05) is 168 Å². The molecule has 150 heavy (non-hydrogen) atoms. The van der Waals surface area contributed by atoms with Crippen LogP contribution in [-0.2, 0) is 0 Å². The fourth-order valence-corrected chi connectivity index (χ4v) is 21.1. The number of rotatable bonds is 55. The van der Waals surface area contributed by atoms with Crippen LogP contribution in [-0.4, -0.2) is 207 Å². The van der Waals surface area contributed by atoms with Gasteiger partial charge in [-0.3, -0.25) is 69.9 Å². The molecule has 0 fully saturated rings. The van der Waals surface area contributed by atoms with Crippen LogP contribution in [0.25, 0.3) is 43.6 Å². The summed E-state index contributed by atoms with van der Waals surface area (Å²) in [5.74, 6) is 1.85. The largest absolute Gasteiger partial charge is 0.359 e. The molecule has 5 unspecified atom stereocenters. The van der Waals surface area contributed by atoms with E-state index in [1.807, 2.05) is 82.2 Å². The van der Waals surface area contributed by atoms with Crippen molar-refractivity contribution < 1.29 is 0 Å². The van der Waals surface area contributed by atoms with Crippen LogP contribution >= 0.6 is 41.0 Å². The minimum Gasteiger partial charge on any atom is -0.359 e. The van der Waals surface area contributed by atoms with Crippen molar-refractivity contribution in [1.29, 1.82) is 0 Å². The number of imidazole rings is 2. The number of aromatic nitrogens is 11. The molecule has 12 heterocycles. The van der Waals surface area contributed by atoms with Crippen molar-refractivity contribution in [1.82, 2.24) is 54.8 Å². The molecule has 0 saturated carbocycles. The molecule has 0 bridgehead atoms. The average molecular weight is 2110 g/mol. The Morgan fingerprint density at radius 1 is 0.260 bits per heavy atom. The van der Waals surface area contributed by atoms with Crippen molar-refractivity contribution in [2.24, 2.45) is 59.9 Å². The highest BCUT2D eigenvalue weighted by molar-refractivity contribution is 7.34. The molecule has 16 rings (SSSR count). The van der Waals surface area contributed by atoms with Gasteiger partial charge in [0.1, 0.15) is 11.6 Å². The third kappa shape index (κ3) is 46.8. The summed E-state index contributed by atoms with van der Waals surface area (Å²) in [5, 5.41) is 18.7. The molecule has 23 nitrogen and oxygen atoms in total. The molecule has 12 aromatic heterocycles. The number of H-pyrrole nitrogens is 7. The van der Waals surface area contributed by atoms with E-state index in [-0.39, 0.29) is 0 Å². The summed E-state index contributed by atoms with van der Waals surface area (Å²) in [7, 11) is 3.94. The van der Waals surface area contributed by atoms with Gasteiger partial charge in [-0.2, -0.15) is 0 Å². The highest BCUT2D eigenvalue weighted by Crippen LogP contribution is 2.35. The zero-order valence-electron chi connectivity index (χ0n) is 90.9. The molecule has 28 heteroatoms. The van der Waals surface area contributed by atoms with Crippen LogP contribution in [0.4, 0.5) is 0 Å². The van der Waals surface area contributed by atoms with E-state index < -0.39 is 0 Å². The standard InChI is InChI=1S/C34H32N4.C20H30N4.C18H26N3P.C18H26N2P2.C16H24N6.C16H24N4P2/c1(2-10-20-36-24-34-29-14-6-4-12-26(29)22-37-34)9-19-35-23-27-17-18-33(38-27)32-21-25-11-3-5-13-28(25)30-15-7-8-16-31(30)32;1-15-9-11-19(23-15)17(3)21-13-7-5-6-8-14-22-18(4)20-12-10-16(2)24-20;2*1-15-7-9-17(21-15)13-19-11-5-3-4-6-12-20-14-18-10-8-16(2)22-18;1-13-19-11-15(21-13)9-17-7-5-3-4-6-8-18-10-16-12-20-14(2)22-16;1-13-9-19-15(21-13)11-17-7-5-3-4-6-8-18-12-16-20-10-14(2)22-16/h3-8,11-18,21-24,37-38H,1-2,9-10,19-20H2;9-12,23-24H,5-8,13-14H2,1-4H3;2*7-10,13-14,21-22H,3-6,11-12H2,1-2H3;9-12H,3-8H2,1-2H3,(H,19,21)(H,20,22);9-12,21-22H,3-8H2,1-2H3. The van der Waals surface area contributed by atoms with Crippen molar-refractivity contribution in [3.05, 3.63) is 317 Å². The number of unbranched alkanes of at least 4 members (excludes halogenated alkanes) is 18. The molecular weight excluding hydrogens is 1940 g/mol. The summed E-state index contributed by atoms with van der Waals surface area (Å²) in [6.45, 7) is 35.9. The minimum atomic E-state index is 0.719. The van der Waals surface area contributed by atoms with Crippen LogP contribution < -0.4 is 0 Å². The lowest BCUT2D eigenvalue weighted by Crippen LogP contribution is -1.98. The zero-order valence-corrected chi connectivity index (χ0v) is 95.9. The number of nitrogens with zero attached hydrogens (tertiary/aromatic N) is 16. The van der Waals surface area contributed by atoms with Gasteiger partial charge in [0, 0.05) is 196 Å². The Balaban J connectivity index is 0.000000173. The number of benzene rings is 4. The van der Waals surface area contributed by atoms with Crippen LogP contribution in [0.5, 0.6) is 0 Å². The van der Waals surface area contributed by atoms with Crippen LogP contribution in [0.2, 0.25) is 0 Å². The number of aryl methyl sites for hydroxylation is 10. The van der Waals surface area contributed by atoms with Crippen molar-refractivity contribution in [2.75, 3.05) is 78.5 Å². The first-order valence-electron chi connectivity index (χ1n) is 54.1. The van der Waals surface area contributed by atoms with Crippen LogP contribution in [0.15, 0.2) is 255 Å². The van der Waals surface area contributed by atoms with E-state index in [0.717, 1.165) is 257 Å². The van der Waals surface area contributed by atoms with E-state index in [9.17, 15) is 0 Å². The Labute approximate surface area is 899 Å². The van der Waals surface area contributed by atoms with Gasteiger partial charge in [0.05, 0.1) is 87.0 Å². The Kier molecular flexibility index (Phi) is 54.5. The van der Waals surface area contributed by atoms with E-state index in [0.29, 0.717) is 0 Å². The molecule has 0 aliphatic carbocycles. The summed E-state index contributed by atoms with van der Waals surface area (Å²) in [5.41, 5.74) is 17.8. The van der Waals surface area contributed by atoms with E-state index in [2.05, 4.69) is 360 Å². The monoisotopic (exact) mass is 2100 g/mol. The zero-order chi connectivity index (χ0) is 105. The van der Waals surface area contributed by atoms with Crippen molar-refractivity contribution in [2.45, 2.75) is 237 Å². The summed E-state index contributed by atoms with van der Waals surface area (Å²) in [4.78, 5) is 94.2. The van der Waals surface area contributed by atoms with Crippen LogP contribution in [0.1, 0.15) is 290 Å². The van der Waals surface area contributed by atoms with Gasteiger partial charge in [-0.15, -0.1) is 41.0 Å². The molecular formula is C122H162N23P5. The third-order valence-corrected chi connectivity index (χ3v) is 30.3. The molecule has 0 amide bonds. The summed E-state index contributed by atoms with van der Waals surface area (Å²) >= 11 is 0. The first-order chi connectivity index (χ1) is 73.4. The topological polar surface area (TPSA) is 310 Å². The predicted molar refractivity (Wildman–Crippen MR) is 661 cm³/mol. The van der Waals surface area contributed by atoms with Crippen molar-refractivity contribution >= 4 is 147 Å². The number of hydrogen-bond acceptors (Lipinski definition) is 16. The maximum absolute atomic E-state index is 4.67. The molecule has 0 spiro atoms. The predicted octanol–water partition coefficient (Wildman–Crippen LogP) is 30.7. The van der Waals surface area contributed by atoms with E-state index in [4.69, 9.17) is 0 Å². The van der Waals surface area contributed by atoms with Gasteiger partial charge >= 0.3 is 0 Å². The summed E-state index contributed by atoms with van der Waals surface area (Å²) in [6, 6.07) is 57.8. The van der Waals surface area contributed by atoms with Gasteiger partial charge in [-0.25, -0.2) is 9.97 Å². The maximum Gasteiger partial charge on any atom is 0.103 e. The number of hydrogen-bond donors (Lipinski definition) is 7. The van der Waals surface area contributed by atoms with E-state index in [1.165, 1.54) is 194 Å². The van der Waals surface area contributed by atoms with Crippen molar-refractivity contribution in [3.8, 4) is 11.3 Å². The third-order valence-electron chi connectivity index (χ3n) is 24.8. The fourth-order valence-electron chi connectivity index (χ4n) is 16.6. The minimum absolute atomic E-state index is 0.719. The molecule has 16 aromatic rings. The van der Waals surface area contributed by atoms with Crippen LogP contribution in [0, 0.1) is 69.2 Å². The normalized spacial score (nSPS) is 12.4. The lowest BCUT2D eigenvalue weighted by Gasteiger charge is -2.09. The Bertz CT molecular complexity index is 6180. The highest BCUT2D eigenvalue weighted by atomic mass is 31.0. The Morgan fingerprint density at radius 3 is 0.967 bits per heavy atom. The van der Waals surface area contributed by atoms with Gasteiger partial charge in [-0.05, 0) is 286 Å². The Hall–Kier alpha value is -12.7. The molecule has 5 atom stereocenters. The van der Waals surface area contributed by atoms with Gasteiger partial charge in [0.2, 0.25) is 0 Å². The molecule has 7 N–H and O–H groups in total. The van der Waals surface area contributed by atoms with Gasteiger partial charge in [0.25, 0.3) is 0 Å². The van der Waals surface area contributed by atoms with Crippen molar-refractivity contribution in [3.63, 3.8) is 0 Å². The Morgan fingerprint density at radius 2 is 0.600 bits per heavy atom.